The third kappa shape index (κ3) is 7.68. The first-order valence-corrected chi connectivity index (χ1v) is 11.8. The van der Waals surface area contributed by atoms with Crippen molar-refractivity contribution in [1.29, 1.82) is 0 Å². The Bertz CT molecular complexity index is 1260. The molecule has 0 saturated heterocycles. The fourth-order valence-electron chi connectivity index (χ4n) is 2.63. The standard InChI is InChI=1S/C24H16BrIO10/c1-2-31-23(29)33-16-7-5-15(6-8-16)22(28)35-20-12-11-18(13-19(20)25)32-21(27)14-3-9-17(10-4-14)34-24(30)36-26/h3-13H,2H2,1H3. The minimum atomic E-state index is -0.892. The number of benzene rings is 3. The molecule has 0 aliphatic heterocycles. The molecule has 3 aromatic carbocycles. The van der Waals surface area contributed by atoms with Crippen molar-refractivity contribution in [3.63, 3.8) is 0 Å². The van der Waals surface area contributed by atoms with Crippen molar-refractivity contribution in [2.45, 2.75) is 6.92 Å². The molecule has 10 nitrogen and oxygen atoms in total. The molecule has 0 amide bonds. The second-order valence-electron chi connectivity index (χ2n) is 6.63. The average Bonchev–Trinajstić information content (AvgIpc) is 2.86. The van der Waals surface area contributed by atoms with Gasteiger partial charge in [-0.1, -0.05) is 0 Å². The molecular formula is C24H16BrIO10. The third-order valence-electron chi connectivity index (χ3n) is 4.22. The molecule has 0 saturated carbocycles. The Morgan fingerprint density at radius 2 is 1.19 bits per heavy atom. The lowest BCUT2D eigenvalue weighted by Crippen LogP contribution is -2.11. The molecule has 0 atom stereocenters. The number of rotatable bonds is 7. The van der Waals surface area contributed by atoms with Gasteiger partial charge in [-0.2, -0.15) is 0 Å². The van der Waals surface area contributed by atoms with Gasteiger partial charge in [0.2, 0.25) is 0 Å². The van der Waals surface area contributed by atoms with Crippen LogP contribution in [0.3, 0.4) is 0 Å². The Balaban J connectivity index is 1.59. The lowest BCUT2D eigenvalue weighted by molar-refractivity contribution is 0.0718. The van der Waals surface area contributed by atoms with E-state index in [9.17, 15) is 19.2 Å². The van der Waals surface area contributed by atoms with Crippen LogP contribution < -0.4 is 18.9 Å². The van der Waals surface area contributed by atoms with E-state index in [4.69, 9.17) is 18.9 Å². The minimum Gasteiger partial charge on any atom is -0.434 e. The van der Waals surface area contributed by atoms with Gasteiger partial charge < -0.3 is 26.8 Å². The lowest BCUT2D eigenvalue weighted by atomic mass is 10.2. The van der Waals surface area contributed by atoms with Gasteiger partial charge in [0.1, 0.15) is 23.0 Å². The van der Waals surface area contributed by atoms with Crippen molar-refractivity contribution >= 4 is 63.2 Å². The molecule has 0 aliphatic carbocycles. The van der Waals surface area contributed by atoms with Crippen molar-refractivity contribution in [3.8, 4) is 23.0 Å². The van der Waals surface area contributed by atoms with Crippen molar-refractivity contribution in [2.24, 2.45) is 0 Å². The maximum atomic E-state index is 12.5. The summed E-state index contributed by atoms with van der Waals surface area (Å²) < 4.78 is 29.9. The molecule has 186 valence electrons. The second-order valence-corrected chi connectivity index (χ2v) is 7.93. The summed E-state index contributed by atoms with van der Waals surface area (Å²) in [6, 6.07) is 15.8. The maximum absolute atomic E-state index is 12.5. The number of carbonyl (C=O) groups excluding carboxylic acids is 4. The van der Waals surface area contributed by atoms with Crippen LogP contribution in [-0.4, -0.2) is 30.9 Å². The highest BCUT2D eigenvalue weighted by Gasteiger charge is 2.15. The SMILES string of the molecule is CCOC(=O)Oc1ccc(C(=O)Oc2ccc(OC(=O)c3ccc(OC(=O)OI)cc3)cc2Br)cc1. The number of hydrogen-bond acceptors (Lipinski definition) is 10. The monoisotopic (exact) mass is 670 g/mol. The van der Waals surface area contributed by atoms with Crippen LogP contribution in [-0.2, 0) is 7.80 Å². The predicted octanol–water partition coefficient (Wildman–Crippen LogP) is 6.29. The van der Waals surface area contributed by atoms with Gasteiger partial charge in [-0.15, -0.1) is 0 Å². The summed E-state index contributed by atoms with van der Waals surface area (Å²) >= 11 is 4.68. The zero-order valence-electron chi connectivity index (χ0n) is 18.4. The summed E-state index contributed by atoms with van der Waals surface area (Å²) in [7, 11) is 0. The van der Waals surface area contributed by atoms with Gasteiger partial charge >= 0.3 is 24.2 Å². The van der Waals surface area contributed by atoms with Crippen LogP contribution in [0.1, 0.15) is 27.6 Å². The number of ether oxygens (including phenoxy) is 5. The first kappa shape index (κ1) is 26.9. The van der Waals surface area contributed by atoms with Gasteiger partial charge in [0.25, 0.3) is 0 Å². The third-order valence-corrected chi connectivity index (χ3v) is 5.20. The van der Waals surface area contributed by atoms with E-state index in [1.807, 2.05) is 0 Å². The largest absolute Gasteiger partial charge is 0.523 e. The highest BCUT2D eigenvalue weighted by atomic mass is 127. The van der Waals surface area contributed by atoms with Crippen LogP contribution in [0.15, 0.2) is 71.2 Å². The van der Waals surface area contributed by atoms with Crippen LogP contribution in [0, 0.1) is 0 Å². The summed E-state index contributed by atoms with van der Waals surface area (Å²) in [4.78, 5) is 47.3. The molecule has 0 N–H and O–H groups in total. The number of esters is 2. The first-order valence-electron chi connectivity index (χ1n) is 10.1. The van der Waals surface area contributed by atoms with Crippen LogP contribution in [0.2, 0.25) is 0 Å². The molecule has 0 aliphatic rings. The zero-order valence-corrected chi connectivity index (χ0v) is 22.1. The molecule has 0 fully saturated rings. The smallest absolute Gasteiger partial charge is 0.434 e. The summed E-state index contributed by atoms with van der Waals surface area (Å²) in [6.45, 7) is 1.83. The van der Waals surface area contributed by atoms with Crippen LogP contribution in [0.5, 0.6) is 23.0 Å². The Morgan fingerprint density at radius 1 is 0.694 bits per heavy atom. The maximum Gasteiger partial charge on any atom is 0.523 e. The average molecular weight is 671 g/mol. The Kier molecular flexibility index (Phi) is 9.64. The molecule has 0 aromatic heterocycles. The van der Waals surface area contributed by atoms with Gasteiger partial charge in [0.05, 0.1) is 22.2 Å². The van der Waals surface area contributed by atoms with E-state index in [-0.39, 0.29) is 40.7 Å². The quantitative estimate of drug-likeness (QED) is 0.123. The van der Waals surface area contributed by atoms with Crippen LogP contribution in [0.25, 0.3) is 0 Å². The predicted molar refractivity (Wildman–Crippen MR) is 136 cm³/mol. The van der Waals surface area contributed by atoms with Crippen molar-refractivity contribution < 1.29 is 45.9 Å². The Hall–Kier alpha value is -3.65. The van der Waals surface area contributed by atoms with E-state index < -0.39 is 24.2 Å². The van der Waals surface area contributed by atoms with E-state index in [1.54, 1.807) is 6.92 Å². The molecule has 36 heavy (non-hydrogen) atoms. The van der Waals surface area contributed by atoms with E-state index >= 15 is 0 Å². The molecule has 3 rings (SSSR count). The van der Waals surface area contributed by atoms with E-state index in [0.717, 1.165) is 0 Å². The molecule has 0 unspecified atom stereocenters. The molecular weight excluding hydrogens is 655 g/mol. The molecule has 0 spiro atoms. The number of carbonyl (C=O) groups is 4. The zero-order chi connectivity index (χ0) is 26.1. The first-order chi connectivity index (χ1) is 17.3. The van der Waals surface area contributed by atoms with Gasteiger partial charge in [-0.05, 0) is 89.6 Å². The highest BCUT2D eigenvalue weighted by molar-refractivity contribution is 14.1. The number of halogens is 2. The summed E-state index contributed by atoms with van der Waals surface area (Å²) in [5, 5.41) is 0. The highest BCUT2D eigenvalue weighted by Crippen LogP contribution is 2.30. The summed E-state index contributed by atoms with van der Waals surface area (Å²) in [5.41, 5.74) is 0.431. The summed E-state index contributed by atoms with van der Waals surface area (Å²) in [5.74, 6) is -0.515. The van der Waals surface area contributed by atoms with E-state index in [0.29, 0.717) is 4.47 Å². The molecule has 0 radical (unpaired) electrons. The van der Waals surface area contributed by atoms with E-state index in [1.165, 1.54) is 89.7 Å². The minimum absolute atomic E-state index is 0.177. The van der Waals surface area contributed by atoms with Crippen LogP contribution >= 0.6 is 38.9 Å². The van der Waals surface area contributed by atoms with Crippen LogP contribution in [0.4, 0.5) is 9.59 Å². The summed E-state index contributed by atoms with van der Waals surface area (Å²) in [6.07, 6.45) is -1.74. The topological polar surface area (TPSA) is 124 Å². The van der Waals surface area contributed by atoms with Crippen molar-refractivity contribution in [1.82, 2.24) is 0 Å². The number of hydrogen-bond donors (Lipinski definition) is 0. The Labute approximate surface area is 227 Å². The fraction of sp³-hybridized carbons (Fsp3) is 0.0833. The molecule has 0 bridgehead atoms. The van der Waals surface area contributed by atoms with Gasteiger partial charge in [-0.3, -0.25) is 0 Å². The van der Waals surface area contributed by atoms with Gasteiger partial charge in [0, 0.05) is 0 Å². The van der Waals surface area contributed by atoms with Crippen molar-refractivity contribution in [3.05, 3.63) is 82.3 Å². The van der Waals surface area contributed by atoms with E-state index in [2.05, 4.69) is 23.7 Å². The second kappa shape index (κ2) is 12.9. The van der Waals surface area contributed by atoms with Gasteiger partial charge in [0.15, 0.2) is 23.0 Å². The van der Waals surface area contributed by atoms with Gasteiger partial charge in [-0.25, -0.2) is 19.2 Å². The fourth-order valence-corrected chi connectivity index (χ4v) is 3.15. The molecule has 12 heteroatoms. The normalized spacial score (nSPS) is 10.1. The lowest BCUT2D eigenvalue weighted by Gasteiger charge is -2.10. The molecule has 3 aromatic rings. The molecule has 0 heterocycles. The Morgan fingerprint density at radius 3 is 1.69 bits per heavy atom. The van der Waals surface area contributed by atoms with Crippen molar-refractivity contribution in [2.75, 3.05) is 6.61 Å².